The Bertz CT molecular complexity index is 356. The van der Waals surface area contributed by atoms with Gasteiger partial charge < -0.3 is 10.5 Å². The van der Waals surface area contributed by atoms with Crippen LogP contribution in [0.4, 0.5) is 0 Å². The number of esters is 1. The van der Waals surface area contributed by atoms with Crippen molar-refractivity contribution in [1.82, 2.24) is 0 Å². The molecule has 100 valence electrons. The van der Waals surface area contributed by atoms with Gasteiger partial charge in [-0.1, -0.05) is 36.8 Å². The van der Waals surface area contributed by atoms with Gasteiger partial charge in [0.1, 0.15) is 0 Å². The number of benzene rings is 1. The molecular weight excluding hydrogens is 250 g/mol. The van der Waals surface area contributed by atoms with Gasteiger partial charge in [-0.05, 0) is 18.4 Å². The summed E-state index contributed by atoms with van der Waals surface area (Å²) in [4.78, 5) is 11.9. The van der Waals surface area contributed by atoms with E-state index in [-0.39, 0.29) is 12.0 Å². The Morgan fingerprint density at radius 3 is 2.56 bits per heavy atom. The number of hydrogen-bond donors (Lipinski definition) is 1. The third kappa shape index (κ3) is 4.31. The van der Waals surface area contributed by atoms with Crippen LogP contribution in [0.5, 0.6) is 0 Å². The molecule has 0 radical (unpaired) electrons. The molecular formula is C14H20ClNO2. The second-order valence-corrected chi connectivity index (χ2v) is 4.64. The second-order valence-electron chi connectivity index (χ2n) is 4.26. The molecule has 4 heteroatoms. The zero-order valence-corrected chi connectivity index (χ0v) is 11.4. The molecule has 18 heavy (non-hydrogen) atoms. The molecule has 0 aromatic heterocycles. The van der Waals surface area contributed by atoms with E-state index in [4.69, 9.17) is 22.1 Å². The molecule has 0 fully saturated rings. The van der Waals surface area contributed by atoms with Crippen molar-refractivity contribution in [2.75, 3.05) is 13.0 Å². The van der Waals surface area contributed by atoms with E-state index in [1.54, 1.807) is 0 Å². The summed E-state index contributed by atoms with van der Waals surface area (Å²) in [6.45, 7) is 0. The van der Waals surface area contributed by atoms with E-state index in [0.717, 1.165) is 24.8 Å². The third-order valence-corrected chi connectivity index (χ3v) is 3.23. The van der Waals surface area contributed by atoms with E-state index in [0.29, 0.717) is 5.88 Å². The molecule has 0 aliphatic carbocycles. The van der Waals surface area contributed by atoms with Crippen molar-refractivity contribution in [1.29, 1.82) is 0 Å². The van der Waals surface area contributed by atoms with Crippen LogP contribution >= 0.6 is 11.6 Å². The van der Waals surface area contributed by atoms with Crippen molar-refractivity contribution in [3.63, 3.8) is 0 Å². The van der Waals surface area contributed by atoms with Crippen LogP contribution in [0.15, 0.2) is 30.3 Å². The molecule has 0 bridgehead atoms. The molecule has 2 unspecified atom stereocenters. The minimum Gasteiger partial charge on any atom is -0.469 e. The molecule has 2 atom stereocenters. The van der Waals surface area contributed by atoms with Gasteiger partial charge in [-0.3, -0.25) is 4.79 Å². The second kappa shape index (κ2) is 8.11. The third-order valence-electron chi connectivity index (χ3n) is 2.96. The average Bonchev–Trinajstić information content (AvgIpc) is 2.40. The average molecular weight is 270 g/mol. The van der Waals surface area contributed by atoms with Crippen LogP contribution < -0.4 is 5.73 Å². The van der Waals surface area contributed by atoms with Gasteiger partial charge in [0.25, 0.3) is 0 Å². The van der Waals surface area contributed by atoms with Crippen LogP contribution in [0, 0.1) is 0 Å². The number of unbranched alkanes of at least 4 members (excludes halogenated alkanes) is 1. The lowest BCUT2D eigenvalue weighted by Gasteiger charge is -2.22. The predicted molar refractivity (Wildman–Crippen MR) is 73.7 cm³/mol. The van der Waals surface area contributed by atoms with Gasteiger partial charge in [-0.2, -0.15) is 0 Å². The lowest BCUT2D eigenvalue weighted by atomic mass is 9.89. The Hall–Kier alpha value is -1.06. The highest BCUT2D eigenvalue weighted by Crippen LogP contribution is 2.23. The van der Waals surface area contributed by atoms with Gasteiger partial charge >= 0.3 is 5.97 Å². The number of rotatable bonds is 7. The molecule has 1 aromatic rings. The van der Waals surface area contributed by atoms with E-state index in [1.807, 2.05) is 30.3 Å². The monoisotopic (exact) mass is 269 g/mol. The summed E-state index contributed by atoms with van der Waals surface area (Å²) >= 11 is 5.64. The van der Waals surface area contributed by atoms with Crippen molar-refractivity contribution < 1.29 is 9.53 Å². The fourth-order valence-corrected chi connectivity index (χ4v) is 2.18. The molecule has 1 aromatic carbocycles. The predicted octanol–water partition coefficient (Wildman–Crippen LogP) is 2.68. The summed E-state index contributed by atoms with van der Waals surface area (Å²) in [6, 6.07) is 9.29. The maximum Gasteiger partial charge on any atom is 0.314 e. The van der Waals surface area contributed by atoms with Crippen molar-refractivity contribution in [2.45, 2.75) is 31.2 Å². The van der Waals surface area contributed by atoms with E-state index >= 15 is 0 Å². The summed E-state index contributed by atoms with van der Waals surface area (Å²) in [5, 5.41) is 0. The smallest absolute Gasteiger partial charge is 0.314 e. The lowest BCUT2D eigenvalue weighted by Crippen LogP contribution is -2.34. The maximum atomic E-state index is 11.9. The summed E-state index contributed by atoms with van der Waals surface area (Å²) in [7, 11) is 1.39. The summed E-state index contributed by atoms with van der Waals surface area (Å²) < 4.78 is 4.85. The Morgan fingerprint density at radius 1 is 1.33 bits per heavy atom. The quantitative estimate of drug-likeness (QED) is 0.470. The Morgan fingerprint density at radius 2 is 2.00 bits per heavy atom. The minimum atomic E-state index is -0.397. The molecule has 0 amide bonds. The number of hydrogen-bond acceptors (Lipinski definition) is 3. The normalized spacial score (nSPS) is 13.9. The first-order valence-electron chi connectivity index (χ1n) is 6.15. The number of halogens is 1. The lowest BCUT2D eigenvalue weighted by molar-refractivity contribution is -0.143. The highest BCUT2D eigenvalue weighted by atomic mass is 35.5. The number of methoxy groups -OCH3 is 1. The first kappa shape index (κ1) is 15.0. The zero-order chi connectivity index (χ0) is 13.4. The van der Waals surface area contributed by atoms with E-state index in [2.05, 4.69) is 0 Å². The van der Waals surface area contributed by atoms with Crippen LogP contribution in [0.2, 0.25) is 0 Å². The van der Waals surface area contributed by atoms with Crippen molar-refractivity contribution in [2.24, 2.45) is 5.73 Å². The number of nitrogens with two attached hydrogens (primary N) is 1. The minimum absolute atomic E-state index is 0.233. The van der Waals surface area contributed by atoms with Gasteiger partial charge in [-0.25, -0.2) is 0 Å². The van der Waals surface area contributed by atoms with Crippen LogP contribution in [0.3, 0.4) is 0 Å². The van der Waals surface area contributed by atoms with Gasteiger partial charge in [0, 0.05) is 11.9 Å². The Balaban J connectivity index is 2.76. The van der Waals surface area contributed by atoms with Crippen molar-refractivity contribution >= 4 is 17.6 Å². The molecule has 0 saturated carbocycles. The molecule has 0 aliphatic rings. The zero-order valence-electron chi connectivity index (χ0n) is 10.6. The summed E-state index contributed by atoms with van der Waals surface area (Å²) in [5.74, 6) is -0.0490. The molecule has 3 nitrogen and oxygen atoms in total. The van der Waals surface area contributed by atoms with Crippen LogP contribution in [-0.4, -0.2) is 25.0 Å². The van der Waals surface area contributed by atoms with Crippen molar-refractivity contribution in [3.05, 3.63) is 35.9 Å². The van der Waals surface area contributed by atoms with E-state index in [9.17, 15) is 4.79 Å². The Kier molecular flexibility index (Phi) is 6.76. The van der Waals surface area contributed by atoms with Crippen LogP contribution in [0.1, 0.15) is 30.7 Å². The number of carbonyl (C=O) groups excluding carboxylic acids is 1. The fraction of sp³-hybridized carbons (Fsp3) is 0.500. The summed E-state index contributed by atoms with van der Waals surface area (Å²) in [6.07, 6.45) is 2.60. The van der Waals surface area contributed by atoms with Gasteiger partial charge in [0.2, 0.25) is 0 Å². The molecule has 1 rings (SSSR count). The van der Waals surface area contributed by atoms with Crippen LogP contribution in [0.25, 0.3) is 0 Å². The SMILES string of the molecule is COC(=O)C(c1ccccc1)C(N)CCCCCl. The van der Waals surface area contributed by atoms with E-state index in [1.165, 1.54) is 7.11 Å². The first-order valence-corrected chi connectivity index (χ1v) is 6.68. The van der Waals surface area contributed by atoms with E-state index < -0.39 is 5.92 Å². The molecule has 0 heterocycles. The topological polar surface area (TPSA) is 52.3 Å². The highest BCUT2D eigenvalue weighted by Gasteiger charge is 2.27. The molecule has 0 spiro atoms. The maximum absolute atomic E-state index is 11.9. The first-order chi connectivity index (χ1) is 8.70. The van der Waals surface area contributed by atoms with Crippen molar-refractivity contribution in [3.8, 4) is 0 Å². The highest BCUT2D eigenvalue weighted by molar-refractivity contribution is 6.17. The number of alkyl halides is 1. The fourth-order valence-electron chi connectivity index (χ4n) is 1.99. The largest absolute Gasteiger partial charge is 0.469 e. The van der Waals surface area contributed by atoms with Crippen LogP contribution in [-0.2, 0) is 9.53 Å². The van der Waals surface area contributed by atoms with Gasteiger partial charge in [0.15, 0.2) is 0 Å². The molecule has 0 saturated heterocycles. The Labute approximate surface area is 113 Å². The van der Waals surface area contributed by atoms with Gasteiger partial charge in [-0.15, -0.1) is 11.6 Å². The number of carbonyl (C=O) groups is 1. The molecule has 0 aliphatic heterocycles. The summed E-state index contributed by atoms with van der Waals surface area (Å²) in [5.41, 5.74) is 7.03. The number of ether oxygens (including phenoxy) is 1. The standard InChI is InChI=1S/C14H20ClNO2/c1-18-14(17)13(11-7-3-2-4-8-11)12(16)9-5-6-10-15/h2-4,7-8,12-13H,5-6,9-10,16H2,1H3. The molecule has 2 N–H and O–H groups in total. The van der Waals surface area contributed by atoms with Gasteiger partial charge in [0.05, 0.1) is 13.0 Å².